The molecule has 1 saturated carbocycles. The van der Waals surface area contributed by atoms with Crippen molar-refractivity contribution in [1.29, 1.82) is 0 Å². The van der Waals surface area contributed by atoms with Gasteiger partial charge in [-0.05, 0) is 42.9 Å². The molecule has 146 valence electrons. The summed E-state index contributed by atoms with van der Waals surface area (Å²) >= 11 is 6.06. The first kappa shape index (κ1) is 20.1. The smallest absolute Gasteiger partial charge is 0.224 e. The van der Waals surface area contributed by atoms with Gasteiger partial charge in [-0.3, -0.25) is 9.59 Å². The Morgan fingerprint density at radius 2 is 1.68 bits per heavy atom. The summed E-state index contributed by atoms with van der Waals surface area (Å²) in [6, 6.07) is 13.5. The summed E-state index contributed by atoms with van der Waals surface area (Å²) in [7, 11) is 0. The maximum Gasteiger partial charge on any atom is 0.224 e. The number of halogens is 1. The van der Waals surface area contributed by atoms with Crippen LogP contribution in [0.3, 0.4) is 0 Å². The number of ketones is 1. The van der Waals surface area contributed by atoms with Crippen molar-refractivity contribution in [1.82, 2.24) is 0 Å². The summed E-state index contributed by atoms with van der Waals surface area (Å²) < 4.78 is 0. The van der Waals surface area contributed by atoms with E-state index >= 15 is 0 Å². The van der Waals surface area contributed by atoms with Crippen LogP contribution in [0.15, 0.2) is 48.5 Å². The van der Waals surface area contributed by atoms with Gasteiger partial charge in [0.2, 0.25) is 5.91 Å². The third-order valence-corrected chi connectivity index (χ3v) is 5.49. The normalized spacial score (nSPS) is 15.2. The Morgan fingerprint density at radius 3 is 2.32 bits per heavy atom. The van der Waals surface area contributed by atoms with Gasteiger partial charge in [0.25, 0.3) is 0 Å². The number of rotatable bonds is 7. The van der Waals surface area contributed by atoms with Crippen LogP contribution >= 0.6 is 11.6 Å². The lowest BCUT2D eigenvalue weighted by molar-refractivity contribution is -0.308. The summed E-state index contributed by atoms with van der Waals surface area (Å²) in [5, 5.41) is 14.3. The van der Waals surface area contributed by atoms with Crippen LogP contribution in [0.1, 0.15) is 54.4 Å². The molecule has 1 aliphatic carbocycles. The number of anilines is 1. The van der Waals surface area contributed by atoms with Crippen molar-refractivity contribution in [2.24, 2.45) is 5.41 Å². The molecule has 0 bridgehead atoms. The number of amides is 1. The molecule has 1 fully saturated rings. The highest BCUT2D eigenvalue weighted by Gasteiger charge is 2.36. The van der Waals surface area contributed by atoms with E-state index in [0.717, 1.165) is 12.8 Å². The van der Waals surface area contributed by atoms with Crippen molar-refractivity contribution in [2.45, 2.75) is 38.5 Å². The molecule has 0 unspecified atom stereocenters. The third-order valence-electron chi connectivity index (χ3n) is 5.26. The van der Waals surface area contributed by atoms with Gasteiger partial charge in [-0.25, -0.2) is 0 Å². The predicted molar refractivity (Wildman–Crippen MR) is 105 cm³/mol. The van der Waals surface area contributed by atoms with Crippen LogP contribution in [0, 0.1) is 5.41 Å². The molecule has 3 rings (SSSR count). The number of carboxylic acid groups (broad SMARTS) is 1. The second kappa shape index (κ2) is 8.57. The molecule has 0 spiro atoms. The van der Waals surface area contributed by atoms with Crippen molar-refractivity contribution in [3.05, 3.63) is 64.7 Å². The van der Waals surface area contributed by atoms with Gasteiger partial charge in [0.15, 0.2) is 5.78 Å². The number of hydrogen-bond donors (Lipinski definition) is 1. The van der Waals surface area contributed by atoms with E-state index in [4.69, 9.17) is 11.6 Å². The van der Waals surface area contributed by atoms with E-state index in [1.54, 1.807) is 36.4 Å². The van der Waals surface area contributed by atoms with Crippen molar-refractivity contribution < 1.29 is 19.5 Å². The van der Waals surface area contributed by atoms with Crippen LogP contribution in [0.5, 0.6) is 0 Å². The summed E-state index contributed by atoms with van der Waals surface area (Å²) in [5.74, 6) is -1.70. The topological polar surface area (TPSA) is 86.3 Å². The van der Waals surface area contributed by atoms with Crippen LogP contribution in [-0.4, -0.2) is 17.7 Å². The molecular weight excluding hydrogens is 378 g/mol. The van der Waals surface area contributed by atoms with E-state index in [0.29, 0.717) is 34.7 Å². The van der Waals surface area contributed by atoms with Gasteiger partial charge in [0, 0.05) is 28.5 Å². The van der Waals surface area contributed by atoms with E-state index < -0.39 is 11.4 Å². The highest BCUT2D eigenvalue weighted by atomic mass is 35.5. The fourth-order valence-electron chi connectivity index (χ4n) is 3.94. The van der Waals surface area contributed by atoms with Crippen LogP contribution < -0.4 is 10.4 Å². The Morgan fingerprint density at radius 1 is 1.00 bits per heavy atom. The monoisotopic (exact) mass is 398 g/mol. The van der Waals surface area contributed by atoms with Crippen molar-refractivity contribution in [3.63, 3.8) is 0 Å². The van der Waals surface area contributed by atoms with Gasteiger partial charge in [0.1, 0.15) is 0 Å². The summed E-state index contributed by atoms with van der Waals surface area (Å²) in [6.45, 7) is 0. The standard InChI is InChI=1S/C22H22ClNO4/c23-16-8-9-18(17(12-16)21(28)15-6-2-1-3-7-15)24-19(25)13-22(14-20(26)27)10-4-5-11-22/h1-3,6-9,12H,4-5,10-11,13-14H2,(H,24,25)(H,26,27)/p-1. The Hall–Kier alpha value is -2.66. The van der Waals surface area contributed by atoms with Crippen molar-refractivity contribution >= 4 is 34.9 Å². The molecule has 0 heterocycles. The fourth-order valence-corrected chi connectivity index (χ4v) is 4.11. The average molecular weight is 399 g/mol. The predicted octanol–water partition coefficient (Wildman–Crippen LogP) is 3.60. The summed E-state index contributed by atoms with van der Waals surface area (Å²) in [5.41, 5.74) is 0.584. The molecule has 0 radical (unpaired) electrons. The van der Waals surface area contributed by atoms with Gasteiger partial charge >= 0.3 is 0 Å². The van der Waals surface area contributed by atoms with Gasteiger partial charge in [-0.15, -0.1) is 0 Å². The Balaban J connectivity index is 1.81. The van der Waals surface area contributed by atoms with E-state index in [1.165, 1.54) is 6.07 Å². The Kier molecular flexibility index (Phi) is 6.15. The lowest BCUT2D eigenvalue weighted by atomic mass is 9.79. The Labute approximate surface area is 168 Å². The second-order valence-electron chi connectivity index (χ2n) is 7.37. The zero-order valence-corrected chi connectivity index (χ0v) is 16.1. The van der Waals surface area contributed by atoms with Crippen LogP contribution in [0.4, 0.5) is 5.69 Å². The van der Waals surface area contributed by atoms with E-state index in [9.17, 15) is 19.5 Å². The maximum atomic E-state index is 12.9. The first-order chi connectivity index (χ1) is 13.4. The third kappa shape index (κ3) is 4.78. The van der Waals surface area contributed by atoms with Gasteiger partial charge in [-0.2, -0.15) is 0 Å². The average Bonchev–Trinajstić information content (AvgIpc) is 3.10. The number of benzene rings is 2. The fraction of sp³-hybridized carbons (Fsp3) is 0.318. The molecule has 28 heavy (non-hydrogen) atoms. The van der Waals surface area contributed by atoms with E-state index in [1.807, 2.05) is 6.07 Å². The highest BCUT2D eigenvalue weighted by Crippen LogP contribution is 2.44. The van der Waals surface area contributed by atoms with Crippen molar-refractivity contribution in [2.75, 3.05) is 5.32 Å². The summed E-state index contributed by atoms with van der Waals surface area (Å²) in [4.78, 5) is 36.7. The largest absolute Gasteiger partial charge is 0.550 e. The van der Waals surface area contributed by atoms with Crippen LogP contribution in [0.2, 0.25) is 5.02 Å². The number of carboxylic acids is 1. The quantitative estimate of drug-likeness (QED) is 0.722. The van der Waals surface area contributed by atoms with E-state index in [-0.39, 0.29) is 24.5 Å². The van der Waals surface area contributed by atoms with E-state index in [2.05, 4.69) is 5.32 Å². The van der Waals surface area contributed by atoms with Gasteiger partial charge in [-0.1, -0.05) is 54.8 Å². The lowest BCUT2D eigenvalue weighted by Crippen LogP contribution is -2.33. The molecule has 0 saturated heterocycles. The molecule has 1 amide bonds. The number of nitrogens with one attached hydrogen (secondary N) is 1. The number of carbonyl (C=O) groups is 3. The maximum absolute atomic E-state index is 12.9. The molecule has 2 aromatic carbocycles. The second-order valence-corrected chi connectivity index (χ2v) is 7.80. The molecule has 0 atom stereocenters. The van der Waals surface area contributed by atoms with Crippen molar-refractivity contribution in [3.8, 4) is 0 Å². The minimum Gasteiger partial charge on any atom is -0.550 e. The first-order valence-corrected chi connectivity index (χ1v) is 9.65. The summed E-state index contributed by atoms with van der Waals surface area (Å²) in [6.07, 6.45) is 3.13. The molecule has 0 aliphatic heterocycles. The lowest BCUT2D eigenvalue weighted by Gasteiger charge is -2.29. The molecule has 1 aliphatic rings. The van der Waals surface area contributed by atoms with Gasteiger partial charge < -0.3 is 15.2 Å². The SMILES string of the molecule is O=C([O-])CC1(CC(=O)Nc2ccc(Cl)cc2C(=O)c2ccccc2)CCCC1. The van der Waals surface area contributed by atoms with Crippen LogP contribution in [0.25, 0.3) is 0 Å². The first-order valence-electron chi connectivity index (χ1n) is 9.28. The minimum atomic E-state index is -1.14. The number of aliphatic carboxylic acids is 1. The molecule has 2 aromatic rings. The van der Waals surface area contributed by atoms with Crippen LogP contribution in [-0.2, 0) is 9.59 Å². The minimum absolute atomic E-state index is 0.0859. The highest BCUT2D eigenvalue weighted by molar-refractivity contribution is 6.31. The number of carbonyl (C=O) groups excluding carboxylic acids is 3. The molecule has 0 aromatic heterocycles. The number of hydrogen-bond acceptors (Lipinski definition) is 4. The molecule has 1 N–H and O–H groups in total. The zero-order valence-electron chi connectivity index (χ0n) is 15.4. The van der Waals surface area contributed by atoms with Gasteiger partial charge in [0.05, 0.1) is 5.69 Å². The molecule has 5 nitrogen and oxygen atoms in total. The molecule has 6 heteroatoms. The molecular formula is C22H21ClNO4-. The zero-order chi connectivity index (χ0) is 20.1. The Bertz CT molecular complexity index is 889.